The minimum Gasteiger partial charge on any atom is -0.505 e. The summed E-state index contributed by atoms with van der Waals surface area (Å²) in [7, 11) is 0. The molecule has 142 valence electrons. The standard InChI is InChI=1S/C19H18ClFN2O4/c20-13-4-1-2-7-16(13)27-9-8-23-11-12(10-17(23)25)19(26)22-14-5-3-6-15(24)18(14)21/h1-7,12,24H,8-11H2,(H,22,26). The third-order valence-electron chi connectivity index (χ3n) is 4.28. The van der Waals surface area contributed by atoms with Crippen LogP contribution < -0.4 is 10.1 Å². The molecule has 1 heterocycles. The third-order valence-corrected chi connectivity index (χ3v) is 4.59. The first-order chi connectivity index (χ1) is 13.0. The van der Waals surface area contributed by atoms with Crippen LogP contribution in [0.2, 0.25) is 5.02 Å². The molecule has 1 saturated heterocycles. The maximum absolute atomic E-state index is 13.8. The van der Waals surface area contributed by atoms with Crippen molar-refractivity contribution in [3.63, 3.8) is 0 Å². The second-order valence-electron chi connectivity index (χ2n) is 6.15. The number of carbonyl (C=O) groups is 2. The summed E-state index contributed by atoms with van der Waals surface area (Å²) >= 11 is 6.01. The Morgan fingerprint density at radius 3 is 2.85 bits per heavy atom. The van der Waals surface area contributed by atoms with Gasteiger partial charge in [0.25, 0.3) is 0 Å². The van der Waals surface area contributed by atoms with Crippen molar-refractivity contribution in [2.75, 3.05) is 25.0 Å². The third kappa shape index (κ3) is 4.49. The van der Waals surface area contributed by atoms with Gasteiger partial charge in [-0.2, -0.15) is 0 Å². The van der Waals surface area contributed by atoms with Gasteiger partial charge in [-0.05, 0) is 24.3 Å². The van der Waals surface area contributed by atoms with Crippen molar-refractivity contribution in [3.8, 4) is 11.5 Å². The fourth-order valence-corrected chi connectivity index (χ4v) is 3.03. The maximum Gasteiger partial charge on any atom is 0.229 e. The molecule has 2 aromatic carbocycles. The monoisotopic (exact) mass is 392 g/mol. The van der Waals surface area contributed by atoms with Crippen LogP contribution in [0.25, 0.3) is 0 Å². The van der Waals surface area contributed by atoms with Crippen LogP contribution in [0.15, 0.2) is 42.5 Å². The Kier molecular flexibility index (Phi) is 5.81. The molecule has 0 radical (unpaired) electrons. The normalized spacial score (nSPS) is 16.4. The number of rotatable bonds is 6. The molecule has 1 atom stereocenters. The fraction of sp³-hybridized carbons (Fsp3) is 0.263. The topological polar surface area (TPSA) is 78.9 Å². The average molecular weight is 393 g/mol. The van der Waals surface area contributed by atoms with Crippen molar-refractivity contribution >= 4 is 29.1 Å². The Labute approximate surface area is 160 Å². The highest BCUT2D eigenvalue weighted by Gasteiger charge is 2.34. The molecular formula is C19H18ClFN2O4. The highest BCUT2D eigenvalue weighted by atomic mass is 35.5. The molecule has 27 heavy (non-hydrogen) atoms. The molecular weight excluding hydrogens is 375 g/mol. The summed E-state index contributed by atoms with van der Waals surface area (Å²) in [5, 5.41) is 12.3. The number of ether oxygens (including phenoxy) is 1. The van der Waals surface area contributed by atoms with Crippen molar-refractivity contribution in [2.45, 2.75) is 6.42 Å². The van der Waals surface area contributed by atoms with Crippen molar-refractivity contribution in [1.82, 2.24) is 4.90 Å². The van der Waals surface area contributed by atoms with Gasteiger partial charge in [-0.1, -0.05) is 29.8 Å². The van der Waals surface area contributed by atoms with E-state index in [1.54, 1.807) is 24.3 Å². The molecule has 2 aromatic rings. The Balaban J connectivity index is 1.53. The van der Waals surface area contributed by atoms with Gasteiger partial charge in [0.2, 0.25) is 11.8 Å². The van der Waals surface area contributed by atoms with Crippen molar-refractivity contribution in [2.24, 2.45) is 5.92 Å². The molecule has 1 aliphatic rings. The van der Waals surface area contributed by atoms with E-state index in [1.807, 2.05) is 0 Å². The minimum absolute atomic E-state index is 0.0400. The number of carbonyl (C=O) groups excluding carboxylic acids is 2. The highest BCUT2D eigenvalue weighted by molar-refractivity contribution is 6.32. The molecule has 3 rings (SSSR count). The molecule has 2 N–H and O–H groups in total. The average Bonchev–Trinajstić information content (AvgIpc) is 3.01. The van der Waals surface area contributed by atoms with E-state index in [0.717, 1.165) is 0 Å². The van der Waals surface area contributed by atoms with E-state index in [4.69, 9.17) is 16.3 Å². The summed E-state index contributed by atoms with van der Waals surface area (Å²) in [6.07, 6.45) is 0.0400. The summed E-state index contributed by atoms with van der Waals surface area (Å²) in [5.74, 6) is -2.16. The number of para-hydroxylation sites is 1. The van der Waals surface area contributed by atoms with Gasteiger partial charge in [0.1, 0.15) is 12.4 Å². The van der Waals surface area contributed by atoms with E-state index in [-0.39, 0.29) is 31.2 Å². The quantitative estimate of drug-likeness (QED) is 0.792. The zero-order chi connectivity index (χ0) is 19.4. The second kappa shape index (κ2) is 8.26. The van der Waals surface area contributed by atoms with E-state index in [2.05, 4.69) is 5.32 Å². The molecule has 2 amide bonds. The van der Waals surface area contributed by atoms with E-state index in [9.17, 15) is 19.1 Å². The Morgan fingerprint density at radius 1 is 1.30 bits per heavy atom. The molecule has 0 aromatic heterocycles. The summed E-state index contributed by atoms with van der Waals surface area (Å²) in [6, 6.07) is 11.0. The molecule has 1 aliphatic heterocycles. The van der Waals surface area contributed by atoms with Crippen molar-refractivity contribution in [1.29, 1.82) is 0 Å². The molecule has 8 heteroatoms. The van der Waals surface area contributed by atoms with E-state index >= 15 is 0 Å². The first-order valence-corrected chi connectivity index (χ1v) is 8.77. The first-order valence-electron chi connectivity index (χ1n) is 8.39. The lowest BCUT2D eigenvalue weighted by Gasteiger charge is -2.17. The Bertz CT molecular complexity index is 861. The first kappa shape index (κ1) is 19.0. The van der Waals surface area contributed by atoms with Crippen LogP contribution in [-0.4, -0.2) is 41.5 Å². The molecule has 0 saturated carbocycles. The summed E-state index contributed by atoms with van der Waals surface area (Å²) < 4.78 is 19.4. The number of halogens is 2. The molecule has 1 unspecified atom stereocenters. The second-order valence-corrected chi connectivity index (χ2v) is 6.55. The van der Waals surface area contributed by atoms with Crippen LogP contribution in [-0.2, 0) is 9.59 Å². The largest absolute Gasteiger partial charge is 0.505 e. The van der Waals surface area contributed by atoms with Crippen LogP contribution in [0.5, 0.6) is 11.5 Å². The predicted molar refractivity (Wildman–Crippen MR) is 98.3 cm³/mol. The van der Waals surface area contributed by atoms with Crippen molar-refractivity contribution in [3.05, 3.63) is 53.3 Å². The number of benzene rings is 2. The number of nitrogens with zero attached hydrogens (tertiary/aromatic N) is 1. The number of hydrogen-bond acceptors (Lipinski definition) is 4. The van der Waals surface area contributed by atoms with Gasteiger partial charge >= 0.3 is 0 Å². The van der Waals surface area contributed by atoms with Gasteiger partial charge in [0, 0.05) is 13.0 Å². The molecule has 0 aliphatic carbocycles. The Hall–Kier alpha value is -2.80. The van der Waals surface area contributed by atoms with Gasteiger partial charge in [0.05, 0.1) is 23.2 Å². The number of likely N-dealkylation sites (tertiary alicyclic amines) is 1. The Morgan fingerprint density at radius 2 is 2.07 bits per heavy atom. The number of nitrogens with one attached hydrogen (secondary N) is 1. The van der Waals surface area contributed by atoms with Gasteiger partial charge in [-0.15, -0.1) is 0 Å². The van der Waals surface area contributed by atoms with Crippen LogP contribution >= 0.6 is 11.6 Å². The maximum atomic E-state index is 13.8. The number of anilines is 1. The highest BCUT2D eigenvalue weighted by Crippen LogP contribution is 2.26. The number of phenols is 1. The number of phenolic OH excluding ortho intramolecular Hbond substituents is 1. The zero-order valence-corrected chi connectivity index (χ0v) is 15.1. The number of aromatic hydroxyl groups is 1. The smallest absolute Gasteiger partial charge is 0.229 e. The predicted octanol–water partition coefficient (Wildman–Crippen LogP) is 3.05. The number of amides is 2. The molecule has 0 spiro atoms. The van der Waals surface area contributed by atoms with E-state index in [0.29, 0.717) is 17.3 Å². The molecule has 0 bridgehead atoms. The van der Waals surface area contributed by atoms with Gasteiger partial charge in [-0.3, -0.25) is 9.59 Å². The summed E-state index contributed by atoms with van der Waals surface area (Å²) in [4.78, 5) is 26.0. The van der Waals surface area contributed by atoms with Crippen LogP contribution in [0.1, 0.15) is 6.42 Å². The van der Waals surface area contributed by atoms with Crippen LogP contribution in [0, 0.1) is 11.7 Å². The van der Waals surface area contributed by atoms with Crippen molar-refractivity contribution < 1.29 is 23.8 Å². The SMILES string of the molecule is O=C(Nc1cccc(O)c1F)C1CC(=O)N(CCOc2ccccc2Cl)C1. The van der Waals surface area contributed by atoms with Gasteiger partial charge in [-0.25, -0.2) is 4.39 Å². The van der Waals surface area contributed by atoms with Crippen LogP contribution in [0.4, 0.5) is 10.1 Å². The van der Waals surface area contributed by atoms with Crippen LogP contribution in [0.3, 0.4) is 0 Å². The molecule has 6 nitrogen and oxygen atoms in total. The van der Waals surface area contributed by atoms with Gasteiger partial charge < -0.3 is 20.1 Å². The van der Waals surface area contributed by atoms with E-state index in [1.165, 1.54) is 23.1 Å². The van der Waals surface area contributed by atoms with E-state index < -0.39 is 23.4 Å². The fourth-order valence-electron chi connectivity index (χ4n) is 2.84. The summed E-state index contributed by atoms with van der Waals surface area (Å²) in [5.41, 5.74) is -0.118. The summed E-state index contributed by atoms with van der Waals surface area (Å²) in [6.45, 7) is 0.774. The minimum atomic E-state index is -0.903. The zero-order valence-electron chi connectivity index (χ0n) is 14.3. The lowest BCUT2D eigenvalue weighted by atomic mass is 10.1. The van der Waals surface area contributed by atoms with Gasteiger partial charge in [0.15, 0.2) is 11.6 Å². The lowest BCUT2D eigenvalue weighted by Crippen LogP contribution is -2.31. The lowest BCUT2D eigenvalue weighted by molar-refractivity contribution is -0.128. The molecule has 1 fully saturated rings. The number of hydrogen-bond donors (Lipinski definition) is 2.